The van der Waals surface area contributed by atoms with E-state index in [1.165, 1.54) is 16.3 Å². The lowest BCUT2D eigenvalue weighted by Crippen LogP contribution is -2.37. The number of para-hydroxylation sites is 2. The van der Waals surface area contributed by atoms with E-state index in [0.29, 0.717) is 21.9 Å². The molecule has 8 heteroatoms. The Kier molecular flexibility index (Phi) is 7.04. The van der Waals surface area contributed by atoms with Gasteiger partial charge in [0, 0.05) is 18.4 Å². The summed E-state index contributed by atoms with van der Waals surface area (Å²) >= 11 is 1.20. The Hall–Kier alpha value is -3.96. The quantitative estimate of drug-likeness (QED) is 0.292. The highest BCUT2D eigenvalue weighted by Gasteiger charge is 2.25. The number of hydrogen-bond donors (Lipinski definition) is 0. The minimum absolute atomic E-state index is 0.169. The number of pyridine rings is 1. The number of anilines is 1. The summed E-state index contributed by atoms with van der Waals surface area (Å²) in [5, 5.41) is 9.38. The number of nitrogens with zero attached hydrogens (tertiary/aromatic N) is 5. The molecule has 0 N–H and O–H groups in total. The van der Waals surface area contributed by atoms with Crippen LogP contribution in [-0.4, -0.2) is 32.2 Å². The Morgan fingerprint density at radius 3 is 2.62 bits per heavy atom. The molecule has 1 amide bonds. The number of benzene rings is 2. The molecule has 1 unspecified atom stereocenters. The van der Waals surface area contributed by atoms with Crippen LogP contribution in [0.15, 0.2) is 82.9 Å². The standard InChI is InChI=1S/C26H23N5O2S/c1-18-13-15-28-23(17-18)31-25(33)21-11-6-7-12-22(21)29-26(31)34-19(2)24(32)30(16-8-14-27)20-9-4-3-5-10-20/h3-7,9-13,15,17,19H,8,16H2,1-2H3. The van der Waals surface area contributed by atoms with Crippen molar-refractivity contribution >= 4 is 34.3 Å². The van der Waals surface area contributed by atoms with Crippen LogP contribution in [0.25, 0.3) is 16.7 Å². The maximum atomic E-state index is 13.5. The Balaban J connectivity index is 1.76. The van der Waals surface area contributed by atoms with Gasteiger partial charge in [-0.05, 0) is 55.8 Å². The summed E-state index contributed by atoms with van der Waals surface area (Å²) in [5.41, 5.74) is 1.99. The van der Waals surface area contributed by atoms with Crippen molar-refractivity contribution in [2.45, 2.75) is 30.7 Å². The van der Waals surface area contributed by atoms with Gasteiger partial charge in [-0.3, -0.25) is 9.59 Å². The number of carbonyl (C=O) groups is 1. The van der Waals surface area contributed by atoms with E-state index in [2.05, 4.69) is 11.1 Å². The van der Waals surface area contributed by atoms with E-state index in [9.17, 15) is 9.59 Å². The van der Waals surface area contributed by atoms with Gasteiger partial charge in [0.05, 0.1) is 28.6 Å². The molecule has 2 aromatic heterocycles. The third-order valence-corrected chi connectivity index (χ3v) is 6.33. The van der Waals surface area contributed by atoms with Crippen LogP contribution in [-0.2, 0) is 4.79 Å². The van der Waals surface area contributed by atoms with Crippen molar-refractivity contribution in [1.29, 1.82) is 5.26 Å². The van der Waals surface area contributed by atoms with Gasteiger partial charge in [-0.1, -0.05) is 42.1 Å². The molecular formula is C26H23N5O2S. The summed E-state index contributed by atoms with van der Waals surface area (Å²) in [4.78, 5) is 37.6. The molecule has 0 aliphatic carbocycles. The van der Waals surface area contributed by atoms with Crippen molar-refractivity contribution in [3.8, 4) is 11.9 Å². The van der Waals surface area contributed by atoms with Crippen LogP contribution in [0.3, 0.4) is 0 Å². The topological polar surface area (TPSA) is 91.9 Å². The van der Waals surface area contributed by atoms with Crippen molar-refractivity contribution in [2.24, 2.45) is 0 Å². The lowest BCUT2D eigenvalue weighted by atomic mass is 10.2. The summed E-state index contributed by atoms with van der Waals surface area (Å²) in [6.45, 7) is 3.99. The van der Waals surface area contributed by atoms with Crippen LogP contribution in [0.2, 0.25) is 0 Å². The van der Waals surface area contributed by atoms with Crippen molar-refractivity contribution in [3.63, 3.8) is 0 Å². The fourth-order valence-electron chi connectivity index (χ4n) is 3.60. The summed E-state index contributed by atoms with van der Waals surface area (Å²) in [6, 6.07) is 22.2. The average molecular weight is 470 g/mol. The molecule has 0 aliphatic rings. The maximum absolute atomic E-state index is 13.5. The van der Waals surface area contributed by atoms with E-state index in [4.69, 9.17) is 10.2 Å². The van der Waals surface area contributed by atoms with Crippen LogP contribution in [0.4, 0.5) is 5.69 Å². The number of aryl methyl sites for hydroxylation is 1. The molecule has 0 spiro atoms. The molecule has 2 heterocycles. The van der Waals surface area contributed by atoms with Gasteiger partial charge in [0.1, 0.15) is 5.82 Å². The Labute approximate surface area is 201 Å². The van der Waals surface area contributed by atoms with Crippen LogP contribution < -0.4 is 10.5 Å². The van der Waals surface area contributed by atoms with E-state index in [-0.39, 0.29) is 24.4 Å². The molecule has 4 aromatic rings. The average Bonchev–Trinajstić information content (AvgIpc) is 2.85. The van der Waals surface area contributed by atoms with Gasteiger partial charge in [-0.25, -0.2) is 14.5 Å². The Bertz CT molecular complexity index is 1430. The summed E-state index contributed by atoms with van der Waals surface area (Å²) in [7, 11) is 0. The van der Waals surface area contributed by atoms with Gasteiger partial charge in [0.2, 0.25) is 5.91 Å². The summed E-state index contributed by atoms with van der Waals surface area (Å²) in [5.74, 6) is 0.285. The van der Waals surface area contributed by atoms with Crippen LogP contribution in [0, 0.1) is 18.3 Å². The van der Waals surface area contributed by atoms with Gasteiger partial charge in [0.15, 0.2) is 5.16 Å². The number of rotatable bonds is 7. The van der Waals surface area contributed by atoms with Gasteiger partial charge in [0.25, 0.3) is 5.56 Å². The molecule has 7 nitrogen and oxygen atoms in total. The zero-order valence-electron chi connectivity index (χ0n) is 18.9. The first kappa shape index (κ1) is 23.2. The molecule has 170 valence electrons. The number of amides is 1. The van der Waals surface area contributed by atoms with Gasteiger partial charge in [-0.15, -0.1) is 0 Å². The predicted molar refractivity (Wildman–Crippen MR) is 134 cm³/mol. The maximum Gasteiger partial charge on any atom is 0.267 e. The van der Waals surface area contributed by atoms with E-state index in [1.807, 2.05) is 55.5 Å². The normalized spacial score (nSPS) is 11.7. The number of fused-ring (bicyclic) bond motifs is 1. The number of carbonyl (C=O) groups excluding carboxylic acids is 1. The largest absolute Gasteiger partial charge is 0.310 e. The molecule has 2 aromatic carbocycles. The number of hydrogen-bond acceptors (Lipinski definition) is 6. The van der Waals surface area contributed by atoms with E-state index >= 15 is 0 Å². The zero-order valence-corrected chi connectivity index (χ0v) is 19.7. The van der Waals surface area contributed by atoms with Gasteiger partial charge in [-0.2, -0.15) is 5.26 Å². The predicted octanol–water partition coefficient (Wildman–Crippen LogP) is 4.52. The smallest absolute Gasteiger partial charge is 0.267 e. The number of aromatic nitrogens is 3. The Morgan fingerprint density at radius 2 is 1.88 bits per heavy atom. The highest BCUT2D eigenvalue weighted by molar-refractivity contribution is 8.00. The van der Waals surface area contributed by atoms with Crippen LogP contribution in [0.5, 0.6) is 0 Å². The molecule has 34 heavy (non-hydrogen) atoms. The summed E-state index contributed by atoms with van der Waals surface area (Å²) in [6.07, 6.45) is 1.86. The van der Waals surface area contributed by atoms with Crippen molar-refractivity contribution in [3.05, 3.63) is 88.8 Å². The van der Waals surface area contributed by atoms with Crippen LogP contribution in [0.1, 0.15) is 18.9 Å². The van der Waals surface area contributed by atoms with Gasteiger partial charge < -0.3 is 4.90 Å². The fourth-order valence-corrected chi connectivity index (χ4v) is 4.58. The second kappa shape index (κ2) is 10.3. The highest BCUT2D eigenvalue weighted by atomic mass is 32.2. The molecule has 0 radical (unpaired) electrons. The second-order valence-electron chi connectivity index (χ2n) is 7.74. The zero-order chi connectivity index (χ0) is 24.1. The molecular weight excluding hydrogens is 446 g/mol. The Morgan fingerprint density at radius 1 is 1.15 bits per heavy atom. The minimum atomic E-state index is -0.567. The third-order valence-electron chi connectivity index (χ3n) is 5.29. The number of thioether (sulfide) groups is 1. The highest BCUT2D eigenvalue weighted by Crippen LogP contribution is 2.27. The van der Waals surface area contributed by atoms with Crippen LogP contribution >= 0.6 is 11.8 Å². The minimum Gasteiger partial charge on any atom is -0.310 e. The fraction of sp³-hybridized carbons (Fsp3) is 0.192. The molecule has 0 aliphatic heterocycles. The molecule has 0 saturated carbocycles. The summed E-state index contributed by atoms with van der Waals surface area (Å²) < 4.78 is 1.46. The molecule has 0 saturated heterocycles. The van der Waals surface area contributed by atoms with Crippen molar-refractivity contribution in [2.75, 3.05) is 11.4 Å². The SMILES string of the molecule is Cc1ccnc(-n2c(SC(C)C(=O)N(CCC#N)c3ccccc3)nc3ccccc3c2=O)c1. The molecule has 0 bridgehead atoms. The first-order valence-corrected chi connectivity index (χ1v) is 11.7. The number of nitriles is 1. The molecule has 4 rings (SSSR count). The monoisotopic (exact) mass is 469 g/mol. The van der Waals surface area contributed by atoms with Crippen molar-refractivity contribution < 1.29 is 4.79 Å². The lowest BCUT2D eigenvalue weighted by molar-refractivity contribution is -0.117. The van der Waals surface area contributed by atoms with Crippen molar-refractivity contribution in [1.82, 2.24) is 14.5 Å². The molecule has 1 atom stereocenters. The third kappa shape index (κ3) is 4.85. The van der Waals surface area contributed by atoms with E-state index in [1.54, 1.807) is 36.2 Å². The second-order valence-corrected chi connectivity index (χ2v) is 9.05. The first-order valence-electron chi connectivity index (χ1n) is 10.8. The van der Waals surface area contributed by atoms with Gasteiger partial charge >= 0.3 is 0 Å². The molecule has 0 fully saturated rings. The lowest BCUT2D eigenvalue weighted by Gasteiger charge is -2.25. The van der Waals surface area contributed by atoms with E-state index in [0.717, 1.165) is 11.3 Å². The van der Waals surface area contributed by atoms with E-state index < -0.39 is 5.25 Å². The first-order chi connectivity index (χ1) is 16.5.